The van der Waals surface area contributed by atoms with Crippen molar-refractivity contribution in [3.63, 3.8) is 0 Å². The Morgan fingerprint density at radius 2 is 2.26 bits per heavy atom. The van der Waals surface area contributed by atoms with Crippen molar-refractivity contribution in [2.75, 3.05) is 13.6 Å². The molecule has 1 aliphatic carbocycles. The Labute approximate surface area is 115 Å². The van der Waals surface area contributed by atoms with Crippen LogP contribution >= 0.6 is 0 Å². The Balaban J connectivity index is 1.78. The van der Waals surface area contributed by atoms with E-state index in [1.807, 2.05) is 7.05 Å². The Morgan fingerprint density at radius 1 is 1.42 bits per heavy atom. The van der Waals surface area contributed by atoms with E-state index in [0.29, 0.717) is 12.5 Å². The van der Waals surface area contributed by atoms with E-state index in [-0.39, 0.29) is 6.10 Å². The largest absolute Gasteiger partial charge is 0.393 e. The van der Waals surface area contributed by atoms with Crippen molar-refractivity contribution in [3.05, 3.63) is 11.7 Å². The molecule has 0 saturated heterocycles. The smallest absolute Gasteiger partial charge is 0.226 e. The second-order valence-corrected chi connectivity index (χ2v) is 5.66. The molecule has 1 aromatic rings. The molecule has 1 aliphatic rings. The zero-order chi connectivity index (χ0) is 13.7. The maximum atomic E-state index is 9.83. The molecule has 0 bridgehead atoms. The summed E-state index contributed by atoms with van der Waals surface area (Å²) in [6.45, 7) is 3.75. The number of hydrogen-bond donors (Lipinski definition) is 1. The summed E-state index contributed by atoms with van der Waals surface area (Å²) in [5.41, 5.74) is 0. The highest BCUT2D eigenvalue weighted by Gasteiger charge is 2.26. The molecule has 1 fully saturated rings. The van der Waals surface area contributed by atoms with Gasteiger partial charge in [-0.3, -0.25) is 4.90 Å². The molecule has 108 valence electrons. The van der Waals surface area contributed by atoms with Gasteiger partial charge in [-0.25, -0.2) is 0 Å². The van der Waals surface area contributed by atoms with Crippen LogP contribution in [0.15, 0.2) is 4.52 Å². The van der Waals surface area contributed by atoms with Crippen LogP contribution in [0, 0.1) is 5.92 Å². The summed E-state index contributed by atoms with van der Waals surface area (Å²) >= 11 is 0. The topological polar surface area (TPSA) is 62.4 Å². The van der Waals surface area contributed by atoms with Crippen LogP contribution in [0.5, 0.6) is 0 Å². The predicted octanol–water partition coefficient (Wildman–Crippen LogP) is 2.01. The van der Waals surface area contributed by atoms with Crippen molar-refractivity contribution < 1.29 is 9.63 Å². The van der Waals surface area contributed by atoms with Gasteiger partial charge in [0.15, 0.2) is 5.82 Å². The van der Waals surface area contributed by atoms with Crippen molar-refractivity contribution in [1.29, 1.82) is 0 Å². The van der Waals surface area contributed by atoms with Gasteiger partial charge in [0.1, 0.15) is 0 Å². The van der Waals surface area contributed by atoms with Crippen molar-refractivity contribution in [3.8, 4) is 0 Å². The summed E-state index contributed by atoms with van der Waals surface area (Å²) in [5.74, 6) is 1.89. The predicted molar refractivity (Wildman–Crippen MR) is 72.6 cm³/mol. The highest BCUT2D eigenvalue weighted by atomic mass is 16.5. The molecule has 19 heavy (non-hydrogen) atoms. The summed E-state index contributed by atoms with van der Waals surface area (Å²) in [6.07, 6.45) is 6.18. The van der Waals surface area contributed by atoms with Crippen LogP contribution in [0.25, 0.3) is 0 Å². The average molecular weight is 267 g/mol. The number of aryl methyl sites for hydroxylation is 1. The first kappa shape index (κ1) is 14.5. The first-order valence-corrected chi connectivity index (χ1v) is 7.37. The summed E-state index contributed by atoms with van der Waals surface area (Å²) in [7, 11) is 2.05. The molecule has 0 radical (unpaired) electrons. The minimum Gasteiger partial charge on any atom is -0.393 e. The molecule has 0 spiro atoms. The molecule has 1 saturated carbocycles. The lowest BCUT2D eigenvalue weighted by Crippen LogP contribution is -2.29. The second kappa shape index (κ2) is 7.01. The van der Waals surface area contributed by atoms with Crippen molar-refractivity contribution in [2.45, 2.75) is 58.1 Å². The van der Waals surface area contributed by atoms with Gasteiger partial charge < -0.3 is 9.63 Å². The molecule has 2 rings (SSSR count). The number of aliphatic hydroxyl groups is 1. The Hall–Kier alpha value is -0.940. The first-order valence-electron chi connectivity index (χ1n) is 7.37. The maximum Gasteiger partial charge on any atom is 0.226 e. The number of nitrogens with zero attached hydrogens (tertiary/aromatic N) is 3. The van der Waals surface area contributed by atoms with Gasteiger partial charge in [-0.2, -0.15) is 4.98 Å². The van der Waals surface area contributed by atoms with E-state index in [1.165, 1.54) is 0 Å². The lowest BCUT2D eigenvalue weighted by atomic mass is 10.1. The van der Waals surface area contributed by atoms with Gasteiger partial charge in [-0.05, 0) is 32.2 Å². The number of aromatic nitrogens is 2. The van der Waals surface area contributed by atoms with E-state index < -0.39 is 0 Å². The van der Waals surface area contributed by atoms with Crippen molar-refractivity contribution in [2.24, 2.45) is 5.92 Å². The molecule has 5 heteroatoms. The lowest BCUT2D eigenvalue weighted by molar-refractivity contribution is 0.107. The van der Waals surface area contributed by atoms with Gasteiger partial charge in [0.25, 0.3) is 0 Å². The van der Waals surface area contributed by atoms with E-state index in [0.717, 1.165) is 56.8 Å². The summed E-state index contributed by atoms with van der Waals surface area (Å²) < 4.78 is 5.22. The Bertz CT molecular complexity index is 381. The van der Waals surface area contributed by atoms with Crippen molar-refractivity contribution in [1.82, 2.24) is 15.0 Å². The standard InChI is InChI=1S/C14H25N3O2/c1-3-4-8-14-15-13(16-19-14)10-17(2)9-11-6-5-7-12(11)18/h11-12,18H,3-10H2,1-2H3. The van der Waals surface area contributed by atoms with Gasteiger partial charge in [0.2, 0.25) is 5.89 Å². The Kier molecular flexibility index (Phi) is 5.34. The first-order chi connectivity index (χ1) is 9.19. The van der Waals surface area contributed by atoms with Crippen LogP contribution in [0.3, 0.4) is 0 Å². The van der Waals surface area contributed by atoms with Crippen LogP contribution in [-0.4, -0.2) is 39.8 Å². The summed E-state index contributed by atoms with van der Waals surface area (Å²) in [5, 5.41) is 13.8. The zero-order valence-electron chi connectivity index (χ0n) is 12.0. The van der Waals surface area contributed by atoms with Crippen LogP contribution in [0.2, 0.25) is 0 Å². The molecule has 1 heterocycles. The molecule has 1 aromatic heterocycles. The zero-order valence-corrected chi connectivity index (χ0v) is 12.0. The maximum absolute atomic E-state index is 9.83. The number of rotatable bonds is 7. The Morgan fingerprint density at radius 3 is 2.95 bits per heavy atom. The van der Waals surface area contributed by atoms with Gasteiger partial charge in [0.05, 0.1) is 12.6 Å². The SMILES string of the molecule is CCCCc1nc(CN(C)CC2CCCC2O)no1. The monoisotopic (exact) mass is 267 g/mol. The van der Waals surface area contributed by atoms with E-state index in [1.54, 1.807) is 0 Å². The lowest BCUT2D eigenvalue weighted by Gasteiger charge is -2.21. The average Bonchev–Trinajstić information content (AvgIpc) is 2.97. The van der Waals surface area contributed by atoms with Gasteiger partial charge in [-0.1, -0.05) is 24.9 Å². The fourth-order valence-corrected chi connectivity index (χ4v) is 2.72. The van der Waals surface area contributed by atoms with Crippen LogP contribution in [-0.2, 0) is 13.0 Å². The van der Waals surface area contributed by atoms with E-state index >= 15 is 0 Å². The molecule has 5 nitrogen and oxygen atoms in total. The third-order valence-corrected chi connectivity index (χ3v) is 3.83. The fraction of sp³-hybridized carbons (Fsp3) is 0.857. The second-order valence-electron chi connectivity index (χ2n) is 5.66. The normalized spacial score (nSPS) is 23.4. The fourth-order valence-electron chi connectivity index (χ4n) is 2.72. The molecular formula is C14H25N3O2. The molecule has 2 unspecified atom stereocenters. The number of aliphatic hydroxyl groups excluding tert-OH is 1. The molecule has 2 atom stereocenters. The molecular weight excluding hydrogens is 242 g/mol. The highest BCUT2D eigenvalue weighted by Crippen LogP contribution is 2.26. The summed E-state index contributed by atoms with van der Waals surface area (Å²) in [4.78, 5) is 6.57. The van der Waals surface area contributed by atoms with Gasteiger partial charge >= 0.3 is 0 Å². The quantitative estimate of drug-likeness (QED) is 0.818. The van der Waals surface area contributed by atoms with Crippen LogP contribution in [0.4, 0.5) is 0 Å². The number of unbranched alkanes of at least 4 members (excludes halogenated alkanes) is 1. The molecule has 1 N–H and O–H groups in total. The van der Waals surface area contributed by atoms with E-state index in [4.69, 9.17) is 4.52 Å². The van der Waals surface area contributed by atoms with Crippen LogP contribution in [0.1, 0.15) is 50.7 Å². The minimum atomic E-state index is -0.132. The van der Waals surface area contributed by atoms with Gasteiger partial charge in [-0.15, -0.1) is 0 Å². The van der Waals surface area contributed by atoms with Gasteiger partial charge in [0, 0.05) is 13.0 Å². The highest BCUT2D eigenvalue weighted by molar-refractivity contribution is 4.87. The minimum absolute atomic E-state index is 0.132. The molecule has 0 amide bonds. The summed E-state index contributed by atoms with van der Waals surface area (Å²) in [6, 6.07) is 0. The van der Waals surface area contributed by atoms with E-state index in [9.17, 15) is 5.11 Å². The van der Waals surface area contributed by atoms with Crippen LogP contribution < -0.4 is 0 Å². The molecule has 0 aliphatic heterocycles. The van der Waals surface area contributed by atoms with Crippen molar-refractivity contribution >= 4 is 0 Å². The third kappa shape index (κ3) is 4.28. The molecule has 0 aromatic carbocycles. The van der Waals surface area contributed by atoms with E-state index in [2.05, 4.69) is 22.0 Å². The number of hydrogen-bond acceptors (Lipinski definition) is 5. The third-order valence-electron chi connectivity index (χ3n) is 3.83.